The van der Waals surface area contributed by atoms with Crippen molar-refractivity contribution in [3.63, 3.8) is 0 Å². The second-order valence-electron chi connectivity index (χ2n) is 8.45. The summed E-state index contributed by atoms with van der Waals surface area (Å²) in [6.45, 7) is -1.38. The first-order chi connectivity index (χ1) is 18.7. The number of nitrogens with zero attached hydrogens (tertiary/aromatic N) is 3. The van der Waals surface area contributed by atoms with Crippen LogP contribution in [0, 0.1) is 0 Å². The van der Waals surface area contributed by atoms with E-state index in [-0.39, 0.29) is 17.4 Å². The van der Waals surface area contributed by atoms with Crippen LogP contribution in [-0.4, -0.2) is 40.3 Å². The Morgan fingerprint density at radius 3 is 2.64 bits per heavy atom. The summed E-state index contributed by atoms with van der Waals surface area (Å²) >= 11 is 1.44. The zero-order chi connectivity index (χ0) is 27.6. The lowest BCUT2D eigenvalue weighted by molar-refractivity contribution is -0.153. The van der Waals surface area contributed by atoms with Gasteiger partial charge in [0.15, 0.2) is 6.61 Å². The number of carbonyl (C=O) groups is 1. The van der Waals surface area contributed by atoms with Crippen molar-refractivity contribution in [2.45, 2.75) is 6.18 Å². The molecule has 0 radical (unpaired) electrons. The summed E-state index contributed by atoms with van der Waals surface area (Å²) in [5.74, 6) is 1.31. The van der Waals surface area contributed by atoms with Crippen molar-refractivity contribution in [3.05, 3.63) is 77.2 Å². The molecule has 0 fully saturated rings. The van der Waals surface area contributed by atoms with Crippen LogP contribution in [0.3, 0.4) is 0 Å². The van der Waals surface area contributed by atoms with Gasteiger partial charge in [-0.1, -0.05) is 0 Å². The number of benzene rings is 2. The number of anilines is 2. The van der Waals surface area contributed by atoms with Crippen molar-refractivity contribution in [1.29, 1.82) is 0 Å². The number of aryl methyl sites for hydroxylation is 1. The van der Waals surface area contributed by atoms with Gasteiger partial charge in [0.2, 0.25) is 5.95 Å². The molecule has 0 saturated heterocycles. The number of ether oxygens (including phenoxy) is 2. The Hall–Kier alpha value is -4.58. The highest BCUT2D eigenvalue weighted by Crippen LogP contribution is 2.36. The van der Waals surface area contributed by atoms with E-state index in [0.29, 0.717) is 34.2 Å². The van der Waals surface area contributed by atoms with Crippen molar-refractivity contribution in [2.75, 3.05) is 19.0 Å². The molecule has 1 amide bonds. The summed E-state index contributed by atoms with van der Waals surface area (Å²) in [6, 6.07) is 15.3. The fourth-order valence-corrected chi connectivity index (χ4v) is 4.54. The molecule has 0 unspecified atom stereocenters. The standard InChI is InChI=1S/C27H22F3N5O3S/c1-31-25(36)22-13-19(7-9-32-22)38-18-4-5-23-21(12-18)34-26(35(23)2)33-17-3-6-24(37-15-27(28,29)30)20(11-17)16-8-10-39-14-16/h3-14H,15H2,1-2H3,(H,31,36)(H,33,34). The van der Waals surface area contributed by atoms with Crippen molar-refractivity contribution in [1.82, 2.24) is 19.9 Å². The molecule has 0 spiro atoms. The third-order valence-electron chi connectivity index (χ3n) is 5.74. The SMILES string of the molecule is CNC(=O)c1cc(Oc2ccc3c(c2)nc(Nc2ccc(OCC(F)(F)F)c(-c4ccsc4)c2)n3C)ccn1. The van der Waals surface area contributed by atoms with Gasteiger partial charge in [0.05, 0.1) is 11.0 Å². The van der Waals surface area contributed by atoms with Crippen LogP contribution < -0.4 is 20.1 Å². The smallest absolute Gasteiger partial charge is 0.422 e. The minimum Gasteiger partial charge on any atom is -0.483 e. The summed E-state index contributed by atoms with van der Waals surface area (Å²) < 4.78 is 51.2. The lowest BCUT2D eigenvalue weighted by atomic mass is 10.1. The molecule has 0 aliphatic heterocycles. The van der Waals surface area contributed by atoms with Gasteiger partial charge in [-0.15, -0.1) is 0 Å². The Kier molecular flexibility index (Phi) is 7.11. The molecule has 8 nitrogen and oxygen atoms in total. The molecular formula is C27H22F3N5O3S. The molecule has 200 valence electrons. The van der Waals surface area contributed by atoms with Gasteiger partial charge in [-0.3, -0.25) is 9.78 Å². The molecule has 3 aromatic heterocycles. The minimum absolute atomic E-state index is 0.138. The second kappa shape index (κ2) is 10.7. The number of thiophene rings is 1. The van der Waals surface area contributed by atoms with Crippen LogP contribution in [0.1, 0.15) is 10.5 Å². The number of alkyl halides is 3. The number of halogens is 3. The number of carbonyl (C=O) groups excluding carboxylic acids is 1. The van der Waals surface area contributed by atoms with E-state index < -0.39 is 12.8 Å². The summed E-state index contributed by atoms with van der Waals surface area (Å²) in [6.07, 6.45) is -2.95. The lowest BCUT2D eigenvalue weighted by Gasteiger charge is -2.15. The van der Waals surface area contributed by atoms with Gasteiger partial charge in [-0.25, -0.2) is 4.98 Å². The number of hydrogen-bond donors (Lipinski definition) is 2. The number of fused-ring (bicyclic) bond motifs is 1. The van der Waals surface area contributed by atoms with Crippen LogP contribution in [0.25, 0.3) is 22.2 Å². The Balaban J connectivity index is 1.40. The highest BCUT2D eigenvalue weighted by Gasteiger charge is 2.29. The molecule has 0 aliphatic rings. The van der Waals surface area contributed by atoms with Crippen LogP contribution >= 0.6 is 11.3 Å². The van der Waals surface area contributed by atoms with E-state index >= 15 is 0 Å². The Morgan fingerprint density at radius 1 is 1.08 bits per heavy atom. The Bertz CT molecular complexity index is 1630. The fourth-order valence-electron chi connectivity index (χ4n) is 3.88. The molecule has 12 heteroatoms. The molecule has 3 heterocycles. The first kappa shape index (κ1) is 26.0. The molecule has 2 aromatic carbocycles. The number of rotatable bonds is 8. The Labute approximate surface area is 225 Å². The van der Waals surface area contributed by atoms with E-state index in [1.165, 1.54) is 30.6 Å². The zero-order valence-corrected chi connectivity index (χ0v) is 21.6. The van der Waals surface area contributed by atoms with E-state index in [9.17, 15) is 18.0 Å². The van der Waals surface area contributed by atoms with Crippen molar-refractivity contribution in [3.8, 4) is 28.4 Å². The summed E-state index contributed by atoms with van der Waals surface area (Å²) in [5.41, 5.74) is 3.63. The number of nitrogens with one attached hydrogen (secondary N) is 2. The largest absolute Gasteiger partial charge is 0.483 e. The number of amides is 1. The van der Waals surface area contributed by atoms with Crippen molar-refractivity contribution in [2.24, 2.45) is 7.05 Å². The lowest BCUT2D eigenvalue weighted by Crippen LogP contribution is -2.19. The van der Waals surface area contributed by atoms with Crippen molar-refractivity contribution >= 4 is 39.9 Å². The van der Waals surface area contributed by atoms with Gasteiger partial charge < -0.3 is 24.7 Å². The van der Waals surface area contributed by atoms with Crippen LogP contribution in [-0.2, 0) is 7.05 Å². The van der Waals surface area contributed by atoms with Gasteiger partial charge in [0.25, 0.3) is 5.91 Å². The summed E-state index contributed by atoms with van der Waals surface area (Å²) in [4.78, 5) is 20.6. The second-order valence-corrected chi connectivity index (χ2v) is 9.23. The third kappa shape index (κ3) is 5.96. The van der Waals surface area contributed by atoms with Gasteiger partial charge in [-0.05, 0) is 58.8 Å². The quantitative estimate of drug-likeness (QED) is 0.227. The first-order valence-electron chi connectivity index (χ1n) is 11.7. The number of pyridine rings is 1. The summed E-state index contributed by atoms with van der Waals surface area (Å²) in [5, 5.41) is 9.46. The van der Waals surface area contributed by atoms with E-state index in [0.717, 1.165) is 11.1 Å². The molecule has 0 bridgehead atoms. The molecule has 0 atom stereocenters. The highest BCUT2D eigenvalue weighted by molar-refractivity contribution is 7.08. The zero-order valence-electron chi connectivity index (χ0n) is 20.7. The monoisotopic (exact) mass is 553 g/mol. The van der Waals surface area contributed by atoms with E-state index in [4.69, 9.17) is 9.47 Å². The predicted molar refractivity (Wildman–Crippen MR) is 143 cm³/mol. The van der Waals surface area contributed by atoms with Gasteiger partial charge >= 0.3 is 6.18 Å². The third-order valence-corrected chi connectivity index (χ3v) is 6.42. The van der Waals surface area contributed by atoms with E-state index in [2.05, 4.69) is 20.6 Å². The maximum absolute atomic E-state index is 12.8. The van der Waals surface area contributed by atoms with Gasteiger partial charge in [0, 0.05) is 43.7 Å². The maximum atomic E-state index is 12.8. The topological polar surface area (TPSA) is 90.3 Å². The molecule has 39 heavy (non-hydrogen) atoms. The average molecular weight is 554 g/mol. The van der Waals surface area contributed by atoms with Gasteiger partial charge in [-0.2, -0.15) is 24.5 Å². The van der Waals surface area contributed by atoms with Gasteiger partial charge in [0.1, 0.15) is 22.9 Å². The first-order valence-corrected chi connectivity index (χ1v) is 12.6. The van der Waals surface area contributed by atoms with Crippen molar-refractivity contribution < 1.29 is 27.4 Å². The average Bonchev–Trinajstić information content (AvgIpc) is 3.55. The fraction of sp³-hybridized carbons (Fsp3) is 0.148. The highest BCUT2D eigenvalue weighted by atomic mass is 32.1. The minimum atomic E-state index is -4.44. The van der Waals surface area contributed by atoms with Crippen LogP contribution in [0.2, 0.25) is 0 Å². The molecule has 2 N–H and O–H groups in total. The van der Waals surface area contributed by atoms with Crippen LogP contribution in [0.5, 0.6) is 17.2 Å². The van der Waals surface area contributed by atoms with Crippen LogP contribution in [0.15, 0.2) is 71.6 Å². The maximum Gasteiger partial charge on any atom is 0.422 e. The molecule has 0 aliphatic carbocycles. The predicted octanol–water partition coefficient (Wildman–Crippen LogP) is 6.53. The Morgan fingerprint density at radius 2 is 1.90 bits per heavy atom. The molecule has 0 saturated carbocycles. The van der Waals surface area contributed by atoms with Crippen LogP contribution in [0.4, 0.5) is 24.8 Å². The molecule has 5 aromatic rings. The number of hydrogen-bond acceptors (Lipinski definition) is 7. The summed E-state index contributed by atoms with van der Waals surface area (Å²) in [7, 11) is 3.37. The number of imidazole rings is 1. The normalized spacial score (nSPS) is 11.4. The molecule has 5 rings (SSSR count). The van der Waals surface area contributed by atoms with E-state index in [1.54, 1.807) is 36.4 Å². The van der Waals surface area contributed by atoms with E-state index in [1.807, 2.05) is 34.5 Å². The molecular weight excluding hydrogens is 531 g/mol. The number of aromatic nitrogens is 3.